The van der Waals surface area contributed by atoms with Gasteiger partial charge in [-0.2, -0.15) is 0 Å². The van der Waals surface area contributed by atoms with Crippen LogP contribution in [0.5, 0.6) is 0 Å². The number of hydrogen-bond donors (Lipinski definition) is 0. The van der Waals surface area contributed by atoms with Crippen LogP contribution in [0.15, 0.2) is 34.1 Å². The summed E-state index contributed by atoms with van der Waals surface area (Å²) in [5.41, 5.74) is 1.33. The molecule has 0 radical (unpaired) electrons. The van der Waals surface area contributed by atoms with Gasteiger partial charge in [0.15, 0.2) is 0 Å². The lowest BCUT2D eigenvalue weighted by Crippen LogP contribution is -1.81. The first-order chi connectivity index (χ1) is 6.88. The van der Waals surface area contributed by atoms with Gasteiger partial charge in [0.05, 0.1) is 3.81 Å². The maximum Gasteiger partial charge on any atom is 0.0645 e. The standard InChI is InChI=1S/C11H11BrS2/c12-11-10(13-7-4-8-14-11)9-5-2-1-3-6-9/h1-3,5-6H,4,7-8H2. The SMILES string of the molecule is BrC1=C(c2ccccc2)SCCCS1. The predicted octanol–water partition coefficient (Wildman–Crippen LogP) is 4.58. The van der Waals surface area contributed by atoms with Gasteiger partial charge in [-0.25, -0.2) is 0 Å². The van der Waals surface area contributed by atoms with Gasteiger partial charge in [0.1, 0.15) is 0 Å². The molecule has 3 heteroatoms. The van der Waals surface area contributed by atoms with Crippen molar-refractivity contribution >= 4 is 44.4 Å². The van der Waals surface area contributed by atoms with Crippen LogP contribution in [0.2, 0.25) is 0 Å². The molecule has 1 aliphatic rings. The average Bonchev–Trinajstić information content (AvgIpc) is 2.44. The summed E-state index contributed by atoms with van der Waals surface area (Å²) in [5, 5.41) is 0. The van der Waals surface area contributed by atoms with Gasteiger partial charge >= 0.3 is 0 Å². The Morgan fingerprint density at radius 2 is 1.71 bits per heavy atom. The van der Waals surface area contributed by atoms with Gasteiger partial charge in [0.25, 0.3) is 0 Å². The smallest absolute Gasteiger partial charge is 0.0645 e. The van der Waals surface area contributed by atoms with Crippen molar-refractivity contribution < 1.29 is 0 Å². The van der Waals surface area contributed by atoms with Crippen LogP contribution in [0, 0.1) is 0 Å². The van der Waals surface area contributed by atoms with Crippen LogP contribution in [0.3, 0.4) is 0 Å². The highest BCUT2D eigenvalue weighted by Gasteiger charge is 2.11. The second kappa shape index (κ2) is 5.29. The zero-order chi connectivity index (χ0) is 9.80. The Morgan fingerprint density at radius 3 is 2.50 bits per heavy atom. The molecule has 74 valence electrons. The molecule has 14 heavy (non-hydrogen) atoms. The minimum absolute atomic E-state index is 1.23. The van der Waals surface area contributed by atoms with E-state index in [0.29, 0.717) is 0 Å². The summed E-state index contributed by atoms with van der Waals surface area (Å²) >= 11 is 7.54. The minimum Gasteiger partial charge on any atom is -0.124 e. The molecule has 0 bridgehead atoms. The lowest BCUT2D eigenvalue weighted by atomic mass is 10.2. The molecular weight excluding hydrogens is 276 g/mol. The Labute approximate surface area is 102 Å². The molecule has 2 rings (SSSR count). The molecule has 0 aliphatic carbocycles. The van der Waals surface area contributed by atoms with Gasteiger partial charge in [-0.3, -0.25) is 0 Å². The summed E-state index contributed by atoms with van der Waals surface area (Å²) in [7, 11) is 0. The number of halogens is 1. The van der Waals surface area contributed by atoms with E-state index >= 15 is 0 Å². The van der Waals surface area contributed by atoms with E-state index in [4.69, 9.17) is 0 Å². The van der Waals surface area contributed by atoms with Crippen molar-refractivity contribution in [2.75, 3.05) is 11.5 Å². The van der Waals surface area contributed by atoms with Crippen molar-refractivity contribution in [1.82, 2.24) is 0 Å². The van der Waals surface area contributed by atoms with Gasteiger partial charge in [-0.15, -0.1) is 23.5 Å². The van der Waals surface area contributed by atoms with Crippen molar-refractivity contribution in [3.63, 3.8) is 0 Å². The number of rotatable bonds is 1. The molecule has 0 fully saturated rings. The van der Waals surface area contributed by atoms with Gasteiger partial charge in [-0.1, -0.05) is 30.3 Å². The molecule has 0 aromatic heterocycles. The fraction of sp³-hybridized carbons (Fsp3) is 0.273. The normalized spacial score (nSPS) is 18.1. The average molecular weight is 287 g/mol. The van der Waals surface area contributed by atoms with Crippen molar-refractivity contribution in [2.24, 2.45) is 0 Å². The third-order valence-corrected chi connectivity index (χ3v) is 5.62. The van der Waals surface area contributed by atoms with Gasteiger partial charge in [-0.05, 0) is 39.4 Å². The van der Waals surface area contributed by atoms with Gasteiger partial charge < -0.3 is 0 Å². The van der Waals surface area contributed by atoms with E-state index in [0.717, 1.165) is 0 Å². The molecule has 0 atom stereocenters. The third-order valence-electron chi connectivity index (χ3n) is 1.98. The zero-order valence-corrected chi connectivity index (χ0v) is 10.9. The molecule has 0 amide bonds. The van der Waals surface area contributed by atoms with Crippen LogP contribution in [-0.4, -0.2) is 11.5 Å². The maximum absolute atomic E-state index is 3.66. The van der Waals surface area contributed by atoms with E-state index in [1.807, 2.05) is 23.5 Å². The van der Waals surface area contributed by atoms with Crippen LogP contribution in [-0.2, 0) is 0 Å². The Bertz CT molecular complexity index is 332. The first-order valence-electron chi connectivity index (χ1n) is 4.59. The fourth-order valence-electron chi connectivity index (χ4n) is 1.30. The topological polar surface area (TPSA) is 0 Å². The number of thioether (sulfide) groups is 2. The van der Waals surface area contributed by atoms with Gasteiger partial charge in [0.2, 0.25) is 0 Å². The van der Waals surface area contributed by atoms with Crippen LogP contribution < -0.4 is 0 Å². The molecule has 0 N–H and O–H groups in total. The second-order valence-corrected chi connectivity index (χ2v) is 6.55. The third kappa shape index (κ3) is 2.59. The van der Waals surface area contributed by atoms with E-state index in [1.165, 1.54) is 32.2 Å². The van der Waals surface area contributed by atoms with Crippen molar-refractivity contribution in [1.29, 1.82) is 0 Å². The Morgan fingerprint density at radius 1 is 1.00 bits per heavy atom. The fourth-order valence-corrected chi connectivity index (χ4v) is 4.52. The summed E-state index contributed by atoms with van der Waals surface area (Å²) in [6.45, 7) is 0. The molecule has 1 aliphatic heterocycles. The number of hydrogen-bond acceptors (Lipinski definition) is 2. The summed E-state index contributed by atoms with van der Waals surface area (Å²) in [5.74, 6) is 2.45. The molecule has 0 unspecified atom stereocenters. The largest absolute Gasteiger partial charge is 0.124 e. The molecule has 0 saturated carbocycles. The summed E-state index contributed by atoms with van der Waals surface area (Å²) in [4.78, 5) is 1.40. The quantitative estimate of drug-likeness (QED) is 0.741. The zero-order valence-electron chi connectivity index (χ0n) is 7.70. The monoisotopic (exact) mass is 286 g/mol. The maximum atomic E-state index is 3.66. The molecule has 1 aromatic rings. The van der Waals surface area contributed by atoms with Crippen molar-refractivity contribution in [3.8, 4) is 0 Å². The Hall–Kier alpha value is 0.140. The van der Waals surface area contributed by atoms with E-state index in [2.05, 4.69) is 46.3 Å². The van der Waals surface area contributed by atoms with E-state index < -0.39 is 0 Å². The second-order valence-electron chi connectivity index (χ2n) is 3.02. The lowest BCUT2D eigenvalue weighted by Gasteiger charge is -2.06. The molecule has 1 aromatic carbocycles. The van der Waals surface area contributed by atoms with Crippen molar-refractivity contribution in [2.45, 2.75) is 6.42 Å². The molecule has 0 nitrogen and oxygen atoms in total. The van der Waals surface area contributed by atoms with E-state index in [1.54, 1.807) is 0 Å². The Kier molecular flexibility index (Phi) is 4.02. The summed E-state index contributed by atoms with van der Waals surface area (Å²) in [6.07, 6.45) is 1.29. The van der Waals surface area contributed by atoms with Crippen LogP contribution >= 0.6 is 39.5 Å². The van der Waals surface area contributed by atoms with Crippen LogP contribution in [0.4, 0.5) is 0 Å². The summed E-state index contributed by atoms with van der Waals surface area (Å²) in [6, 6.07) is 10.6. The molecule has 0 spiro atoms. The molecule has 1 heterocycles. The molecule has 0 saturated heterocycles. The van der Waals surface area contributed by atoms with Crippen LogP contribution in [0.25, 0.3) is 4.91 Å². The van der Waals surface area contributed by atoms with Crippen LogP contribution in [0.1, 0.15) is 12.0 Å². The highest BCUT2D eigenvalue weighted by atomic mass is 79.9. The first kappa shape index (κ1) is 10.7. The summed E-state index contributed by atoms with van der Waals surface area (Å²) < 4.78 is 1.30. The highest BCUT2D eigenvalue weighted by molar-refractivity contribution is 9.14. The lowest BCUT2D eigenvalue weighted by molar-refractivity contribution is 1.13. The van der Waals surface area contributed by atoms with Crippen molar-refractivity contribution in [3.05, 3.63) is 39.7 Å². The number of benzene rings is 1. The minimum atomic E-state index is 1.23. The Balaban J connectivity index is 2.31. The van der Waals surface area contributed by atoms with E-state index in [-0.39, 0.29) is 0 Å². The predicted molar refractivity (Wildman–Crippen MR) is 71.8 cm³/mol. The van der Waals surface area contributed by atoms with Gasteiger partial charge in [0, 0.05) is 4.91 Å². The highest BCUT2D eigenvalue weighted by Crippen LogP contribution is 2.42. The van der Waals surface area contributed by atoms with E-state index in [9.17, 15) is 0 Å². The first-order valence-corrected chi connectivity index (χ1v) is 7.35. The molecular formula is C11H11BrS2.